The lowest BCUT2D eigenvalue weighted by atomic mass is 9.80. The molecule has 0 heterocycles. The minimum absolute atomic E-state index is 0.762. The molecule has 114 valence electrons. The van der Waals surface area contributed by atoms with E-state index < -0.39 is 0 Å². The summed E-state index contributed by atoms with van der Waals surface area (Å²) in [7, 11) is 0. The van der Waals surface area contributed by atoms with Crippen molar-refractivity contribution in [1.29, 1.82) is 0 Å². The third-order valence-electron chi connectivity index (χ3n) is 4.40. The fourth-order valence-corrected chi connectivity index (χ4v) is 3.09. The highest BCUT2D eigenvalue weighted by Gasteiger charge is 2.20. The molecule has 0 radical (unpaired) electrons. The van der Waals surface area contributed by atoms with Crippen LogP contribution in [0.15, 0.2) is 0 Å². The summed E-state index contributed by atoms with van der Waals surface area (Å²) in [5.41, 5.74) is 0. The lowest BCUT2D eigenvalue weighted by Gasteiger charge is -2.28. The topological polar surface area (TPSA) is 24.1 Å². The van der Waals surface area contributed by atoms with Crippen LogP contribution in [0.25, 0.3) is 0 Å². The summed E-state index contributed by atoms with van der Waals surface area (Å²) >= 11 is 0. The van der Waals surface area contributed by atoms with Gasteiger partial charge in [-0.2, -0.15) is 0 Å². The molecule has 1 fully saturated rings. The van der Waals surface area contributed by atoms with Gasteiger partial charge in [0, 0.05) is 13.1 Å². The Morgan fingerprint density at radius 3 is 2.21 bits per heavy atom. The van der Waals surface area contributed by atoms with Gasteiger partial charge in [-0.05, 0) is 43.7 Å². The molecule has 1 saturated carbocycles. The summed E-state index contributed by atoms with van der Waals surface area (Å²) in [6.07, 6.45) is 10.2. The van der Waals surface area contributed by atoms with Crippen molar-refractivity contribution in [2.75, 3.05) is 26.2 Å². The smallest absolute Gasteiger partial charge is 0.00768 e. The van der Waals surface area contributed by atoms with Crippen LogP contribution in [-0.2, 0) is 0 Å². The van der Waals surface area contributed by atoms with Gasteiger partial charge >= 0.3 is 0 Å². The Kier molecular flexibility index (Phi) is 9.54. The molecule has 1 rings (SSSR count). The monoisotopic (exact) mass is 268 g/mol. The lowest BCUT2D eigenvalue weighted by Crippen LogP contribution is -2.33. The van der Waals surface area contributed by atoms with E-state index in [1.165, 1.54) is 51.5 Å². The van der Waals surface area contributed by atoms with E-state index in [1.54, 1.807) is 0 Å². The average molecular weight is 268 g/mol. The summed E-state index contributed by atoms with van der Waals surface area (Å²) in [4.78, 5) is 0. The second-order valence-electron chi connectivity index (χ2n) is 6.83. The van der Waals surface area contributed by atoms with Crippen LogP contribution in [0, 0.1) is 17.8 Å². The first-order chi connectivity index (χ1) is 9.22. The average Bonchev–Trinajstić information content (AvgIpc) is 2.41. The van der Waals surface area contributed by atoms with E-state index in [-0.39, 0.29) is 0 Å². The highest BCUT2D eigenvalue weighted by Crippen LogP contribution is 2.31. The minimum Gasteiger partial charge on any atom is -0.315 e. The van der Waals surface area contributed by atoms with Crippen LogP contribution in [-0.4, -0.2) is 26.2 Å². The molecule has 2 heteroatoms. The molecule has 1 aliphatic carbocycles. The molecular formula is C17H36N2. The van der Waals surface area contributed by atoms with Crippen LogP contribution in [0.1, 0.15) is 65.7 Å². The molecule has 0 unspecified atom stereocenters. The maximum atomic E-state index is 3.62. The van der Waals surface area contributed by atoms with Crippen LogP contribution in [0.2, 0.25) is 0 Å². The highest BCUT2D eigenvalue weighted by atomic mass is 14.9. The Balaban J connectivity index is 1.92. The first kappa shape index (κ1) is 17.0. The molecule has 0 spiro atoms. The molecule has 0 aromatic rings. The summed E-state index contributed by atoms with van der Waals surface area (Å²) < 4.78 is 0. The van der Waals surface area contributed by atoms with E-state index in [4.69, 9.17) is 0 Å². The Morgan fingerprint density at radius 1 is 0.947 bits per heavy atom. The van der Waals surface area contributed by atoms with Gasteiger partial charge in [-0.15, -0.1) is 0 Å². The predicted molar refractivity (Wildman–Crippen MR) is 85.6 cm³/mol. The van der Waals surface area contributed by atoms with Gasteiger partial charge in [0.2, 0.25) is 0 Å². The Bertz CT molecular complexity index is 195. The van der Waals surface area contributed by atoms with Crippen LogP contribution >= 0.6 is 0 Å². The van der Waals surface area contributed by atoms with Crippen molar-refractivity contribution in [3.05, 3.63) is 0 Å². The molecule has 1 aliphatic rings. The molecule has 0 aromatic carbocycles. The molecule has 0 aliphatic heterocycles. The summed E-state index contributed by atoms with van der Waals surface area (Å²) in [6, 6.07) is 0. The van der Waals surface area contributed by atoms with Gasteiger partial charge in [-0.1, -0.05) is 52.9 Å². The third-order valence-corrected chi connectivity index (χ3v) is 4.40. The zero-order valence-electron chi connectivity index (χ0n) is 13.5. The normalized spacial score (nSPS) is 24.0. The lowest BCUT2D eigenvalue weighted by molar-refractivity contribution is 0.254. The fraction of sp³-hybridized carbons (Fsp3) is 1.00. The van der Waals surface area contributed by atoms with Gasteiger partial charge in [-0.25, -0.2) is 0 Å². The quantitative estimate of drug-likeness (QED) is 0.589. The van der Waals surface area contributed by atoms with Crippen LogP contribution < -0.4 is 10.6 Å². The number of hydrogen-bond donors (Lipinski definition) is 2. The van der Waals surface area contributed by atoms with E-state index >= 15 is 0 Å². The number of nitrogens with one attached hydrogen (secondary N) is 2. The predicted octanol–water partition coefficient (Wildman–Crippen LogP) is 3.82. The largest absolute Gasteiger partial charge is 0.315 e. The van der Waals surface area contributed by atoms with Crippen molar-refractivity contribution in [3.63, 3.8) is 0 Å². The fourth-order valence-electron chi connectivity index (χ4n) is 3.09. The Morgan fingerprint density at radius 2 is 1.58 bits per heavy atom. The number of rotatable bonds is 10. The molecule has 0 amide bonds. The van der Waals surface area contributed by atoms with Crippen molar-refractivity contribution < 1.29 is 0 Å². The van der Waals surface area contributed by atoms with Gasteiger partial charge in [0.25, 0.3) is 0 Å². The first-order valence-electron chi connectivity index (χ1n) is 8.63. The Hall–Kier alpha value is -0.0800. The van der Waals surface area contributed by atoms with Crippen molar-refractivity contribution in [2.24, 2.45) is 17.8 Å². The Labute approximate surface area is 121 Å². The molecule has 19 heavy (non-hydrogen) atoms. The first-order valence-corrected chi connectivity index (χ1v) is 8.63. The number of hydrogen-bond acceptors (Lipinski definition) is 2. The van der Waals surface area contributed by atoms with Crippen molar-refractivity contribution in [3.8, 4) is 0 Å². The zero-order valence-corrected chi connectivity index (χ0v) is 13.5. The second kappa shape index (κ2) is 10.7. The molecule has 0 atom stereocenters. The van der Waals surface area contributed by atoms with Crippen molar-refractivity contribution >= 4 is 0 Å². The van der Waals surface area contributed by atoms with Gasteiger partial charge in [0.15, 0.2) is 0 Å². The molecule has 2 N–H and O–H groups in total. The second-order valence-corrected chi connectivity index (χ2v) is 6.83. The number of unbranched alkanes of at least 4 members (excludes halogenated alkanes) is 1. The van der Waals surface area contributed by atoms with Crippen molar-refractivity contribution in [1.82, 2.24) is 10.6 Å². The summed E-state index contributed by atoms with van der Waals surface area (Å²) in [5.74, 6) is 2.75. The molecular weight excluding hydrogens is 232 g/mol. The maximum Gasteiger partial charge on any atom is 0.00768 e. The molecule has 2 nitrogen and oxygen atoms in total. The van der Waals surface area contributed by atoms with E-state index in [0.29, 0.717) is 0 Å². The SMILES string of the molecule is CCCCC1CCC(CNCCNCC(C)C)CC1. The minimum atomic E-state index is 0.762. The van der Waals surface area contributed by atoms with Gasteiger partial charge in [0.1, 0.15) is 0 Å². The molecule has 0 saturated heterocycles. The van der Waals surface area contributed by atoms with E-state index in [9.17, 15) is 0 Å². The van der Waals surface area contributed by atoms with Gasteiger partial charge < -0.3 is 10.6 Å². The van der Waals surface area contributed by atoms with Gasteiger partial charge in [-0.3, -0.25) is 0 Å². The van der Waals surface area contributed by atoms with Gasteiger partial charge in [0.05, 0.1) is 0 Å². The van der Waals surface area contributed by atoms with E-state index in [0.717, 1.165) is 37.4 Å². The van der Waals surface area contributed by atoms with Crippen LogP contribution in [0.3, 0.4) is 0 Å². The zero-order chi connectivity index (χ0) is 13.9. The molecule has 0 aromatic heterocycles. The van der Waals surface area contributed by atoms with Crippen LogP contribution in [0.5, 0.6) is 0 Å². The van der Waals surface area contributed by atoms with Crippen LogP contribution in [0.4, 0.5) is 0 Å². The standard InChI is InChI=1S/C17H36N2/c1-4-5-6-16-7-9-17(10-8-16)14-19-12-11-18-13-15(2)3/h15-19H,4-14H2,1-3H3. The maximum absolute atomic E-state index is 3.62. The van der Waals surface area contributed by atoms with Crippen molar-refractivity contribution in [2.45, 2.75) is 65.7 Å². The van der Waals surface area contributed by atoms with E-state index in [2.05, 4.69) is 31.4 Å². The summed E-state index contributed by atoms with van der Waals surface area (Å²) in [5, 5.41) is 7.11. The summed E-state index contributed by atoms with van der Waals surface area (Å²) in [6.45, 7) is 11.5. The highest BCUT2D eigenvalue weighted by molar-refractivity contribution is 4.74. The van der Waals surface area contributed by atoms with E-state index in [1.807, 2.05) is 0 Å². The molecule has 0 bridgehead atoms. The third kappa shape index (κ3) is 8.65.